The number of aromatic nitrogens is 1. The highest BCUT2D eigenvalue weighted by Crippen LogP contribution is 2.22. The quantitative estimate of drug-likeness (QED) is 0.886. The minimum atomic E-state index is -3.57. The van der Waals surface area contributed by atoms with Crippen LogP contribution in [-0.4, -0.2) is 60.5 Å². The lowest BCUT2D eigenvalue weighted by Crippen LogP contribution is -2.51. The molecule has 1 aliphatic rings. The first-order chi connectivity index (χ1) is 11.7. The van der Waals surface area contributed by atoms with Gasteiger partial charge in [-0.3, -0.25) is 0 Å². The lowest BCUT2D eigenvalue weighted by molar-refractivity contribution is 0.0192. The van der Waals surface area contributed by atoms with Crippen molar-refractivity contribution in [2.45, 2.75) is 31.3 Å². The molecule has 1 aliphatic heterocycles. The number of carbonyl (C=O) groups excluding carboxylic acids is 1. The highest BCUT2D eigenvalue weighted by molar-refractivity contribution is 7.89. The third kappa shape index (κ3) is 3.80. The predicted octanol–water partition coefficient (Wildman–Crippen LogP) is 2.41. The molecule has 0 radical (unpaired) electrons. The van der Waals surface area contributed by atoms with Gasteiger partial charge in [0.15, 0.2) is 0 Å². The molecule has 1 N–H and O–H groups in total. The smallest absolute Gasteiger partial charge is 0.410 e. The van der Waals surface area contributed by atoms with Crippen LogP contribution in [0.3, 0.4) is 0 Å². The maximum Gasteiger partial charge on any atom is 0.410 e. The molecule has 25 heavy (non-hydrogen) atoms. The molecule has 2 heterocycles. The third-order valence-electron chi connectivity index (χ3n) is 4.05. The summed E-state index contributed by atoms with van der Waals surface area (Å²) in [7, 11) is -3.57. The van der Waals surface area contributed by atoms with Crippen LogP contribution in [-0.2, 0) is 14.8 Å². The Balaban J connectivity index is 1.70. The third-order valence-corrected chi connectivity index (χ3v) is 5.95. The first-order valence-corrected chi connectivity index (χ1v) is 9.66. The Morgan fingerprint density at radius 2 is 1.80 bits per heavy atom. The van der Waals surface area contributed by atoms with Gasteiger partial charge in [0.2, 0.25) is 10.0 Å². The van der Waals surface area contributed by atoms with E-state index >= 15 is 0 Å². The molecule has 1 aromatic carbocycles. The van der Waals surface area contributed by atoms with E-state index in [2.05, 4.69) is 4.98 Å². The van der Waals surface area contributed by atoms with Crippen LogP contribution in [0, 0.1) is 0 Å². The number of hydrogen-bond acceptors (Lipinski definition) is 4. The summed E-state index contributed by atoms with van der Waals surface area (Å²) < 4.78 is 32.4. The largest absolute Gasteiger partial charge is 0.444 e. The normalized spacial score (nSPS) is 17.0. The highest BCUT2D eigenvalue weighted by Gasteiger charge is 2.32. The Hall–Kier alpha value is -2.06. The molecule has 0 bridgehead atoms. The SMILES string of the molecule is CC(C)(C)OC(=O)N1CCN(S(=O)(=O)c2ccc3[nH]ccc3c2)CC1. The average Bonchev–Trinajstić information content (AvgIpc) is 3.01. The number of carbonyl (C=O) groups is 1. The van der Waals surface area contributed by atoms with Crippen LogP contribution in [0.5, 0.6) is 0 Å². The van der Waals surface area contributed by atoms with Crippen LogP contribution in [0.25, 0.3) is 10.9 Å². The summed E-state index contributed by atoms with van der Waals surface area (Å²) in [4.78, 5) is 17.0. The van der Waals surface area contributed by atoms with E-state index in [-0.39, 0.29) is 18.0 Å². The summed E-state index contributed by atoms with van der Waals surface area (Å²) in [5.74, 6) is 0. The molecule has 1 fully saturated rings. The van der Waals surface area contributed by atoms with Crippen molar-refractivity contribution < 1.29 is 17.9 Å². The highest BCUT2D eigenvalue weighted by atomic mass is 32.2. The monoisotopic (exact) mass is 365 g/mol. The maximum absolute atomic E-state index is 12.8. The topological polar surface area (TPSA) is 82.7 Å². The zero-order valence-corrected chi connectivity index (χ0v) is 15.5. The van der Waals surface area contributed by atoms with Gasteiger partial charge in [-0.1, -0.05) is 0 Å². The Kier molecular flexibility index (Phi) is 4.51. The van der Waals surface area contributed by atoms with Gasteiger partial charge in [-0.2, -0.15) is 4.31 Å². The molecule has 0 aliphatic carbocycles. The van der Waals surface area contributed by atoms with Crippen molar-refractivity contribution in [2.24, 2.45) is 0 Å². The number of H-pyrrole nitrogens is 1. The summed E-state index contributed by atoms with van der Waals surface area (Å²) in [5.41, 5.74) is 0.334. The van der Waals surface area contributed by atoms with Crippen molar-refractivity contribution in [1.29, 1.82) is 0 Å². The Labute approximate surface area is 147 Å². The van der Waals surface area contributed by atoms with E-state index in [9.17, 15) is 13.2 Å². The Morgan fingerprint density at radius 3 is 2.44 bits per heavy atom. The summed E-state index contributed by atoms with van der Waals surface area (Å²) in [6, 6.07) is 6.88. The Morgan fingerprint density at radius 1 is 1.12 bits per heavy atom. The van der Waals surface area contributed by atoms with Crippen molar-refractivity contribution in [3.63, 3.8) is 0 Å². The van der Waals surface area contributed by atoms with Gasteiger partial charge in [-0.15, -0.1) is 0 Å². The number of fused-ring (bicyclic) bond motifs is 1. The molecule has 1 saturated heterocycles. The molecule has 0 atom stereocenters. The fraction of sp³-hybridized carbons (Fsp3) is 0.471. The van der Waals surface area contributed by atoms with Gasteiger partial charge in [-0.05, 0) is 45.0 Å². The van der Waals surface area contributed by atoms with Crippen LogP contribution in [0.2, 0.25) is 0 Å². The van der Waals surface area contributed by atoms with Gasteiger partial charge in [0, 0.05) is 43.3 Å². The van der Waals surface area contributed by atoms with Crippen LogP contribution >= 0.6 is 0 Å². The number of sulfonamides is 1. The fourth-order valence-corrected chi connectivity index (χ4v) is 4.24. The van der Waals surface area contributed by atoms with Crippen LogP contribution in [0.1, 0.15) is 20.8 Å². The number of aromatic amines is 1. The summed E-state index contributed by atoms with van der Waals surface area (Å²) >= 11 is 0. The second-order valence-corrected chi connectivity index (χ2v) is 9.04. The van der Waals surface area contributed by atoms with E-state index < -0.39 is 21.7 Å². The average molecular weight is 365 g/mol. The number of piperazine rings is 1. The molecule has 1 amide bonds. The van der Waals surface area contributed by atoms with Crippen LogP contribution < -0.4 is 0 Å². The van der Waals surface area contributed by atoms with E-state index in [0.29, 0.717) is 13.1 Å². The molecule has 0 unspecified atom stereocenters. The molecule has 136 valence electrons. The van der Waals surface area contributed by atoms with Crippen molar-refractivity contribution >= 4 is 27.0 Å². The van der Waals surface area contributed by atoms with Crippen molar-refractivity contribution in [3.05, 3.63) is 30.5 Å². The molecule has 7 nitrogen and oxygen atoms in total. The van der Waals surface area contributed by atoms with Gasteiger partial charge in [0.05, 0.1) is 4.90 Å². The van der Waals surface area contributed by atoms with E-state index in [1.54, 1.807) is 29.3 Å². The van der Waals surface area contributed by atoms with Gasteiger partial charge in [-0.25, -0.2) is 13.2 Å². The summed E-state index contributed by atoms with van der Waals surface area (Å²) in [6.07, 6.45) is 1.37. The van der Waals surface area contributed by atoms with Crippen molar-refractivity contribution in [3.8, 4) is 0 Å². The molecule has 2 aromatic rings. The van der Waals surface area contributed by atoms with Crippen molar-refractivity contribution in [1.82, 2.24) is 14.2 Å². The molecule has 1 aromatic heterocycles. The molecule has 8 heteroatoms. The zero-order chi connectivity index (χ0) is 18.2. The molecule has 3 rings (SSSR count). The summed E-state index contributed by atoms with van der Waals surface area (Å²) in [6.45, 7) is 6.58. The number of benzene rings is 1. The number of nitrogens with one attached hydrogen (secondary N) is 1. The van der Waals surface area contributed by atoms with Crippen LogP contribution in [0.4, 0.5) is 4.79 Å². The fourth-order valence-electron chi connectivity index (χ4n) is 2.78. The second kappa shape index (κ2) is 6.34. The number of hydrogen-bond donors (Lipinski definition) is 1. The number of rotatable bonds is 2. The standard InChI is InChI=1S/C17H23N3O4S/c1-17(2,3)24-16(21)19-8-10-20(11-9-19)25(22,23)14-4-5-15-13(12-14)6-7-18-15/h4-7,12,18H,8-11H2,1-3H3. The first-order valence-electron chi connectivity index (χ1n) is 8.22. The van der Waals surface area contributed by atoms with Gasteiger partial charge >= 0.3 is 6.09 Å². The van der Waals surface area contributed by atoms with Gasteiger partial charge in [0.25, 0.3) is 0 Å². The molecular weight excluding hydrogens is 342 g/mol. The number of amides is 1. The number of ether oxygens (including phenoxy) is 1. The predicted molar refractivity (Wildman–Crippen MR) is 94.9 cm³/mol. The lowest BCUT2D eigenvalue weighted by Gasteiger charge is -2.34. The second-order valence-electron chi connectivity index (χ2n) is 7.10. The van der Waals surface area contributed by atoms with E-state index in [0.717, 1.165) is 10.9 Å². The lowest BCUT2D eigenvalue weighted by atomic mass is 10.2. The molecule has 0 spiro atoms. The molecular formula is C17H23N3O4S. The number of nitrogens with zero attached hydrogens (tertiary/aromatic N) is 2. The van der Waals surface area contributed by atoms with E-state index in [4.69, 9.17) is 4.74 Å². The van der Waals surface area contributed by atoms with E-state index in [1.807, 2.05) is 26.8 Å². The Bertz CT molecular complexity index is 875. The summed E-state index contributed by atoms with van der Waals surface area (Å²) in [5, 5.41) is 0.855. The van der Waals surface area contributed by atoms with E-state index in [1.165, 1.54) is 4.31 Å². The van der Waals surface area contributed by atoms with Gasteiger partial charge < -0.3 is 14.6 Å². The minimum absolute atomic E-state index is 0.257. The first kappa shape index (κ1) is 17.8. The van der Waals surface area contributed by atoms with Crippen LogP contribution in [0.15, 0.2) is 35.4 Å². The minimum Gasteiger partial charge on any atom is -0.444 e. The van der Waals surface area contributed by atoms with Crippen molar-refractivity contribution in [2.75, 3.05) is 26.2 Å². The maximum atomic E-state index is 12.8. The zero-order valence-electron chi connectivity index (χ0n) is 14.7. The van der Waals surface area contributed by atoms with Gasteiger partial charge in [0.1, 0.15) is 5.60 Å². The molecule has 0 saturated carbocycles.